The minimum absolute atomic E-state index is 0.0455. The molecular weight excluding hydrogens is 346 g/mol. The summed E-state index contributed by atoms with van der Waals surface area (Å²) in [4.78, 5) is 27.6. The molecule has 22 heavy (non-hydrogen) atoms. The largest absolute Gasteiger partial charge is 0.349 e. The molecule has 2 aromatic rings. The van der Waals surface area contributed by atoms with Crippen molar-refractivity contribution in [1.82, 2.24) is 15.6 Å². The van der Waals surface area contributed by atoms with Crippen LogP contribution in [0.5, 0.6) is 0 Å². The maximum atomic E-state index is 11.8. The van der Waals surface area contributed by atoms with Gasteiger partial charge in [-0.15, -0.1) is 0 Å². The average Bonchev–Trinajstić information content (AvgIpc) is 2.54. The van der Waals surface area contributed by atoms with Crippen LogP contribution < -0.4 is 10.6 Å². The lowest BCUT2D eigenvalue weighted by atomic mass is 10.1. The fraction of sp³-hybridized carbons (Fsp3) is 0.188. The number of benzene rings is 1. The summed E-state index contributed by atoms with van der Waals surface area (Å²) in [6.45, 7) is 0.301. The Kier molecular flexibility index (Phi) is 6.09. The zero-order valence-electron chi connectivity index (χ0n) is 11.9. The molecule has 0 fully saturated rings. The topological polar surface area (TPSA) is 71.1 Å². The first-order valence-corrected chi connectivity index (χ1v) is 7.61. The fourth-order valence-electron chi connectivity index (χ4n) is 1.81. The van der Waals surface area contributed by atoms with Gasteiger partial charge in [0.05, 0.1) is 25.2 Å². The second-order valence-corrected chi connectivity index (χ2v) is 5.50. The van der Waals surface area contributed by atoms with Crippen LogP contribution in [0.1, 0.15) is 11.3 Å². The third kappa shape index (κ3) is 5.29. The van der Waals surface area contributed by atoms with Gasteiger partial charge >= 0.3 is 0 Å². The summed E-state index contributed by atoms with van der Waals surface area (Å²) in [5.74, 6) is -0.439. The van der Waals surface area contributed by atoms with Crippen molar-refractivity contribution in [2.45, 2.75) is 13.0 Å². The maximum absolute atomic E-state index is 11.8. The predicted octanol–water partition coefficient (Wildman–Crippen LogP) is 1.82. The predicted molar refractivity (Wildman–Crippen MR) is 86.9 cm³/mol. The molecule has 0 aliphatic rings. The van der Waals surface area contributed by atoms with Crippen LogP contribution in [0.2, 0.25) is 0 Å². The molecule has 5 nitrogen and oxygen atoms in total. The molecule has 0 aliphatic carbocycles. The smallest absolute Gasteiger partial charge is 0.239 e. The lowest BCUT2D eigenvalue weighted by Crippen LogP contribution is -2.37. The van der Waals surface area contributed by atoms with E-state index < -0.39 is 0 Å². The molecule has 6 heteroatoms. The first kappa shape index (κ1) is 16.2. The number of hydrogen-bond acceptors (Lipinski definition) is 3. The van der Waals surface area contributed by atoms with E-state index in [4.69, 9.17) is 0 Å². The van der Waals surface area contributed by atoms with E-state index in [2.05, 4.69) is 31.5 Å². The maximum Gasteiger partial charge on any atom is 0.239 e. The Labute approximate surface area is 137 Å². The molecule has 0 spiro atoms. The highest BCUT2D eigenvalue weighted by atomic mass is 79.9. The zero-order valence-corrected chi connectivity index (χ0v) is 13.5. The molecule has 0 saturated carbocycles. The molecule has 0 radical (unpaired) electrons. The zero-order chi connectivity index (χ0) is 15.8. The number of pyridine rings is 1. The Bertz CT molecular complexity index is 647. The summed E-state index contributed by atoms with van der Waals surface area (Å²) >= 11 is 3.39. The van der Waals surface area contributed by atoms with Crippen molar-refractivity contribution in [1.29, 1.82) is 0 Å². The summed E-state index contributed by atoms with van der Waals surface area (Å²) in [7, 11) is 0. The van der Waals surface area contributed by atoms with Gasteiger partial charge in [0.2, 0.25) is 11.8 Å². The highest BCUT2D eigenvalue weighted by Gasteiger charge is 2.08. The summed E-state index contributed by atoms with van der Waals surface area (Å²) in [6, 6.07) is 13.0. The first-order valence-electron chi connectivity index (χ1n) is 6.82. The number of nitrogens with zero attached hydrogens (tertiary/aromatic N) is 1. The SMILES string of the molecule is O=C(CNC(=O)Cc1ccccc1Br)NCc1ccccn1. The van der Waals surface area contributed by atoms with E-state index in [-0.39, 0.29) is 24.8 Å². The van der Waals surface area contributed by atoms with Crippen molar-refractivity contribution >= 4 is 27.7 Å². The highest BCUT2D eigenvalue weighted by Crippen LogP contribution is 2.15. The van der Waals surface area contributed by atoms with Crippen molar-refractivity contribution in [3.05, 3.63) is 64.4 Å². The molecule has 114 valence electrons. The molecule has 1 aromatic carbocycles. The van der Waals surface area contributed by atoms with Crippen LogP contribution in [0, 0.1) is 0 Å². The van der Waals surface area contributed by atoms with Gasteiger partial charge in [-0.05, 0) is 23.8 Å². The Balaban J connectivity index is 1.72. The minimum Gasteiger partial charge on any atom is -0.349 e. The molecule has 0 bridgehead atoms. The Morgan fingerprint density at radius 3 is 2.50 bits per heavy atom. The van der Waals surface area contributed by atoms with Gasteiger partial charge < -0.3 is 10.6 Å². The van der Waals surface area contributed by atoms with Crippen molar-refractivity contribution in [3.63, 3.8) is 0 Å². The van der Waals surface area contributed by atoms with Crippen LogP contribution >= 0.6 is 15.9 Å². The van der Waals surface area contributed by atoms with Crippen molar-refractivity contribution in [3.8, 4) is 0 Å². The van der Waals surface area contributed by atoms with E-state index in [0.29, 0.717) is 6.54 Å². The van der Waals surface area contributed by atoms with Gasteiger partial charge in [-0.2, -0.15) is 0 Å². The lowest BCUT2D eigenvalue weighted by molar-refractivity contribution is -0.125. The van der Waals surface area contributed by atoms with E-state index in [9.17, 15) is 9.59 Å². The van der Waals surface area contributed by atoms with E-state index in [0.717, 1.165) is 15.7 Å². The van der Waals surface area contributed by atoms with Gasteiger partial charge in [-0.1, -0.05) is 40.2 Å². The molecule has 0 unspecified atom stereocenters. The molecule has 0 atom stereocenters. The minimum atomic E-state index is -0.244. The number of amides is 2. The van der Waals surface area contributed by atoms with Crippen LogP contribution in [0.3, 0.4) is 0 Å². The molecular formula is C16H16BrN3O2. The molecule has 0 aliphatic heterocycles. The lowest BCUT2D eigenvalue weighted by Gasteiger charge is -2.07. The number of halogens is 1. The van der Waals surface area contributed by atoms with Gasteiger partial charge in [0, 0.05) is 10.7 Å². The fourth-order valence-corrected chi connectivity index (χ4v) is 2.24. The summed E-state index contributed by atoms with van der Waals surface area (Å²) < 4.78 is 0.879. The van der Waals surface area contributed by atoms with Crippen LogP contribution in [-0.2, 0) is 22.6 Å². The third-order valence-electron chi connectivity index (χ3n) is 2.95. The van der Waals surface area contributed by atoms with Crippen LogP contribution in [-0.4, -0.2) is 23.3 Å². The summed E-state index contributed by atoms with van der Waals surface area (Å²) in [5.41, 5.74) is 1.66. The summed E-state index contributed by atoms with van der Waals surface area (Å²) in [6.07, 6.45) is 1.90. The normalized spacial score (nSPS) is 10.0. The first-order chi connectivity index (χ1) is 10.6. The number of hydrogen-bond donors (Lipinski definition) is 2. The van der Waals surface area contributed by atoms with Crippen molar-refractivity contribution < 1.29 is 9.59 Å². The van der Waals surface area contributed by atoms with E-state index in [1.54, 1.807) is 6.20 Å². The average molecular weight is 362 g/mol. The van der Waals surface area contributed by atoms with Crippen LogP contribution in [0.4, 0.5) is 0 Å². The van der Waals surface area contributed by atoms with E-state index in [1.165, 1.54) is 0 Å². The number of carbonyl (C=O) groups excluding carboxylic acids is 2. The van der Waals surface area contributed by atoms with Gasteiger partial charge in [0.25, 0.3) is 0 Å². The molecule has 2 amide bonds. The quantitative estimate of drug-likeness (QED) is 0.824. The van der Waals surface area contributed by atoms with Crippen molar-refractivity contribution in [2.24, 2.45) is 0 Å². The molecule has 1 aromatic heterocycles. The monoisotopic (exact) mass is 361 g/mol. The standard InChI is InChI=1S/C16H16BrN3O2/c17-14-7-2-1-5-12(14)9-15(21)20-11-16(22)19-10-13-6-3-4-8-18-13/h1-8H,9-11H2,(H,19,22)(H,20,21). The second kappa shape index (κ2) is 8.29. The van der Waals surface area contributed by atoms with Crippen LogP contribution in [0.15, 0.2) is 53.1 Å². The number of rotatable bonds is 6. The molecule has 2 rings (SSSR count). The van der Waals surface area contributed by atoms with Crippen molar-refractivity contribution in [2.75, 3.05) is 6.54 Å². The molecule has 1 heterocycles. The number of nitrogens with one attached hydrogen (secondary N) is 2. The molecule has 2 N–H and O–H groups in total. The van der Waals surface area contributed by atoms with Gasteiger partial charge in [0.1, 0.15) is 0 Å². The van der Waals surface area contributed by atoms with Crippen LogP contribution in [0.25, 0.3) is 0 Å². The van der Waals surface area contributed by atoms with Gasteiger partial charge in [-0.3, -0.25) is 14.6 Å². The van der Waals surface area contributed by atoms with Gasteiger partial charge in [0.15, 0.2) is 0 Å². The summed E-state index contributed by atoms with van der Waals surface area (Å²) in [5, 5.41) is 5.31. The Morgan fingerprint density at radius 1 is 1.00 bits per heavy atom. The van der Waals surface area contributed by atoms with E-state index in [1.807, 2.05) is 42.5 Å². The Morgan fingerprint density at radius 2 is 1.77 bits per heavy atom. The number of aromatic nitrogens is 1. The highest BCUT2D eigenvalue weighted by molar-refractivity contribution is 9.10. The second-order valence-electron chi connectivity index (χ2n) is 4.64. The molecule has 0 saturated heterocycles. The third-order valence-corrected chi connectivity index (χ3v) is 3.72. The Hall–Kier alpha value is -2.21. The number of carbonyl (C=O) groups is 2. The van der Waals surface area contributed by atoms with E-state index >= 15 is 0 Å². The van der Waals surface area contributed by atoms with Gasteiger partial charge in [-0.25, -0.2) is 0 Å².